The molecule has 13 heteroatoms. The molecule has 6 nitrogen and oxygen atoms in total. The van der Waals surface area contributed by atoms with E-state index in [-0.39, 0.29) is 39.2 Å². The molecule has 0 radical (unpaired) electrons. The second-order valence-corrected chi connectivity index (χ2v) is 6.93. The summed E-state index contributed by atoms with van der Waals surface area (Å²) in [6.45, 7) is -0.302. The number of nitrogens with zero attached hydrogens (tertiary/aromatic N) is 2. The number of benzene rings is 1. The molecule has 0 saturated heterocycles. The van der Waals surface area contributed by atoms with Crippen LogP contribution in [0, 0.1) is 5.82 Å². The van der Waals surface area contributed by atoms with E-state index in [2.05, 4.69) is 10.3 Å². The highest BCUT2D eigenvalue weighted by molar-refractivity contribution is 6.44. The average Bonchev–Trinajstić information content (AvgIpc) is 2.76. The summed E-state index contributed by atoms with van der Waals surface area (Å²) in [5, 5.41) is 21.6. The van der Waals surface area contributed by atoms with Crippen molar-refractivity contribution in [2.75, 3.05) is 0 Å². The minimum atomic E-state index is -4.78. The summed E-state index contributed by atoms with van der Waals surface area (Å²) in [6.07, 6.45) is -3.14. The Labute approximate surface area is 183 Å². The molecule has 1 unspecified atom stereocenters. The van der Waals surface area contributed by atoms with Crippen LogP contribution in [0.25, 0.3) is 11.3 Å². The number of aliphatic hydroxyl groups is 1. The van der Waals surface area contributed by atoms with Gasteiger partial charge in [-0.05, 0) is 42.0 Å². The molecule has 0 aliphatic carbocycles. The summed E-state index contributed by atoms with van der Waals surface area (Å²) in [6, 6.07) is 5.27. The van der Waals surface area contributed by atoms with E-state index in [1.54, 1.807) is 0 Å². The second kappa shape index (κ2) is 9.49. The quantitative estimate of drug-likeness (QED) is 0.223. The van der Waals surface area contributed by atoms with Gasteiger partial charge in [0.15, 0.2) is 0 Å². The maximum absolute atomic E-state index is 13.2. The minimum Gasteiger partial charge on any atom is -0.390 e. The number of nitrogens with one attached hydrogen (secondary N) is 1. The third kappa shape index (κ3) is 5.80. The fraction of sp³-hybridized carbons (Fsp3) is 0.150. The number of hydrogen-bond donors (Lipinski definition) is 3. The van der Waals surface area contributed by atoms with E-state index in [0.29, 0.717) is 6.07 Å². The number of halogens is 6. The molecule has 1 atom stereocenters. The zero-order chi connectivity index (χ0) is 24.3. The Morgan fingerprint density at radius 1 is 1.15 bits per heavy atom. The lowest BCUT2D eigenvalue weighted by Gasteiger charge is -2.13. The number of carbonyl (C=O) groups is 1. The van der Waals surface area contributed by atoms with Gasteiger partial charge in [-0.15, -0.1) is 0 Å². The van der Waals surface area contributed by atoms with E-state index in [1.807, 2.05) is 0 Å². The molecular formula is C20H15BF6N3O3+. The van der Waals surface area contributed by atoms with Crippen molar-refractivity contribution in [2.45, 2.75) is 18.7 Å². The van der Waals surface area contributed by atoms with Crippen LogP contribution in [0.15, 0.2) is 54.9 Å². The van der Waals surface area contributed by atoms with Crippen LogP contribution in [0.5, 0.6) is 0 Å². The van der Waals surface area contributed by atoms with Crippen molar-refractivity contribution >= 4 is 13.2 Å². The molecule has 0 fully saturated rings. The van der Waals surface area contributed by atoms with Crippen molar-refractivity contribution in [3.05, 3.63) is 83.1 Å². The van der Waals surface area contributed by atoms with E-state index >= 15 is 0 Å². The maximum atomic E-state index is 13.2. The molecule has 3 rings (SSSR count). The highest BCUT2D eigenvalue weighted by Crippen LogP contribution is 2.27. The molecule has 2 aromatic heterocycles. The van der Waals surface area contributed by atoms with E-state index in [1.165, 1.54) is 18.2 Å². The van der Waals surface area contributed by atoms with Gasteiger partial charge in [0.05, 0.1) is 11.9 Å². The highest BCUT2D eigenvalue weighted by Gasteiger charge is 2.42. The van der Waals surface area contributed by atoms with Crippen molar-refractivity contribution in [3.63, 3.8) is 0 Å². The summed E-state index contributed by atoms with van der Waals surface area (Å²) in [4.78, 5) is 16.4. The molecule has 1 aromatic carbocycles. The van der Waals surface area contributed by atoms with Crippen molar-refractivity contribution in [1.29, 1.82) is 0 Å². The van der Waals surface area contributed by atoms with Gasteiger partial charge in [-0.1, -0.05) is 0 Å². The summed E-state index contributed by atoms with van der Waals surface area (Å²) >= 11 is 0. The molecule has 0 bridgehead atoms. The second-order valence-electron chi connectivity index (χ2n) is 6.93. The van der Waals surface area contributed by atoms with Crippen LogP contribution < -0.4 is 10.0 Å². The SMILES string of the molecule is O=C(NCc1ccc(C(F)(F)F)[n+](O)c1)c1cc(-c2ccc(F)cn2)cc(C(O)B(F)F)c1. The molecule has 0 aliphatic rings. The number of amides is 1. The third-order valence-electron chi connectivity index (χ3n) is 4.55. The van der Waals surface area contributed by atoms with Crippen molar-refractivity contribution in [2.24, 2.45) is 0 Å². The van der Waals surface area contributed by atoms with E-state index < -0.39 is 36.9 Å². The Morgan fingerprint density at radius 3 is 2.45 bits per heavy atom. The maximum Gasteiger partial charge on any atom is 0.570 e. The largest absolute Gasteiger partial charge is 0.570 e. The predicted molar refractivity (Wildman–Crippen MR) is 103 cm³/mol. The number of pyridine rings is 2. The molecule has 33 heavy (non-hydrogen) atoms. The number of aliphatic hydroxyl groups excluding tert-OH is 1. The topological polar surface area (TPSA) is 86.3 Å². The van der Waals surface area contributed by atoms with E-state index in [0.717, 1.165) is 30.6 Å². The number of carbonyl (C=O) groups excluding carboxylic acids is 1. The summed E-state index contributed by atoms with van der Waals surface area (Å²) in [7, 11) is -3.15. The number of rotatable bonds is 6. The highest BCUT2D eigenvalue weighted by atomic mass is 19.4. The lowest BCUT2D eigenvalue weighted by Crippen LogP contribution is -2.40. The molecule has 0 spiro atoms. The van der Waals surface area contributed by atoms with Gasteiger partial charge in [0.2, 0.25) is 6.20 Å². The van der Waals surface area contributed by atoms with Gasteiger partial charge >= 0.3 is 19.1 Å². The molecule has 2 heterocycles. The van der Waals surface area contributed by atoms with Crippen molar-refractivity contribution in [1.82, 2.24) is 10.3 Å². The summed E-state index contributed by atoms with van der Waals surface area (Å²) in [5.41, 5.74) is -1.35. The van der Waals surface area contributed by atoms with Crippen molar-refractivity contribution < 1.29 is 46.0 Å². The monoisotopic (exact) mass is 470 g/mol. The van der Waals surface area contributed by atoms with E-state index in [4.69, 9.17) is 0 Å². The van der Waals surface area contributed by atoms with Crippen LogP contribution in [-0.2, 0) is 12.7 Å². The first kappa shape index (κ1) is 24.0. The van der Waals surface area contributed by atoms with Crippen LogP contribution in [0.1, 0.15) is 33.2 Å². The Bertz CT molecular complexity index is 1160. The Hall–Kier alpha value is -3.61. The third-order valence-corrected chi connectivity index (χ3v) is 4.55. The van der Waals surface area contributed by atoms with Gasteiger partial charge in [0.25, 0.3) is 5.91 Å². The number of alkyl halides is 3. The first-order chi connectivity index (χ1) is 15.5. The van der Waals surface area contributed by atoms with Gasteiger partial charge in [-0.3, -0.25) is 23.6 Å². The van der Waals surface area contributed by atoms with Crippen LogP contribution in [-0.4, -0.2) is 28.5 Å². The Morgan fingerprint density at radius 2 is 1.88 bits per heavy atom. The van der Waals surface area contributed by atoms with Crippen LogP contribution in [0.4, 0.5) is 26.2 Å². The summed E-state index contributed by atoms with van der Waals surface area (Å²) < 4.78 is 77.3. The van der Waals surface area contributed by atoms with Crippen LogP contribution >= 0.6 is 0 Å². The molecule has 172 valence electrons. The molecule has 3 N–H and O–H groups in total. The van der Waals surface area contributed by atoms with Gasteiger partial charge < -0.3 is 10.4 Å². The molecule has 0 saturated carbocycles. The molecular weight excluding hydrogens is 455 g/mol. The number of hydrogen-bond acceptors (Lipinski definition) is 4. The Kier molecular flexibility index (Phi) is 6.91. The fourth-order valence-corrected chi connectivity index (χ4v) is 2.94. The lowest BCUT2D eigenvalue weighted by molar-refractivity contribution is -0.915. The normalized spacial score (nSPS) is 12.3. The van der Waals surface area contributed by atoms with E-state index in [9.17, 15) is 41.3 Å². The van der Waals surface area contributed by atoms with Gasteiger partial charge in [0, 0.05) is 34.0 Å². The van der Waals surface area contributed by atoms with Crippen LogP contribution in [0.3, 0.4) is 0 Å². The van der Waals surface area contributed by atoms with Crippen molar-refractivity contribution in [3.8, 4) is 11.3 Å². The molecule has 3 aromatic rings. The molecule has 0 aliphatic heterocycles. The fourth-order valence-electron chi connectivity index (χ4n) is 2.94. The first-order valence-corrected chi connectivity index (χ1v) is 9.28. The first-order valence-electron chi connectivity index (χ1n) is 9.28. The predicted octanol–water partition coefficient (Wildman–Crippen LogP) is 3.36. The standard InChI is InChI=1S/C20H14BF6N3O3/c22-15-2-3-16(28-9-15)12-5-13(18(31)21(26)27)7-14(6-12)19(32)29-8-11-1-4-17(20(23,24)25)30(33)10-11/h1-7,9-10,18,31H,8H2,(H-,29,32,33)/p+1. The van der Waals surface area contributed by atoms with Gasteiger partial charge in [-0.2, -0.15) is 13.2 Å². The van der Waals surface area contributed by atoms with Crippen LogP contribution in [0.2, 0.25) is 0 Å². The summed E-state index contributed by atoms with van der Waals surface area (Å²) in [5.74, 6) is -1.44. The minimum absolute atomic E-state index is 0.114. The van der Waals surface area contributed by atoms with Gasteiger partial charge in [-0.25, -0.2) is 4.39 Å². The van der Waals surface area contributed by atoms with Gasteiger partial charge in [0.1, 0.15) is 11.8 Å². The zero-order valence-electron chi connectivity index (χ0n) is 16.5. The Balaban J connectivity index is 1.87. The average molecular weight is 470 g/mol. The smallest absolute Gasteiger partial charge is 0.390 e. The zero-order valence-corrected chi connectivity index (χ0v) is 16.5. The number of aromatic nitrogens is 2. The lowest BCUT2D eigenvalue weighted by atomic mass is 9.82. The molecule has 1 amide bonds.